The molecule has 0 bridgehead atoms. The molecule has 114 valence electrons. The van der Waals surface area contributed by atoms with Crippen LogP contribution in [0.25, 0.3) is 11.3 Å². The van der Waals surface area contributed by atoms with Gasteiger partial charge >= 0.3 is 0 Å². The van der Waals surface area contributed by atoms with Crippen molar-refractivity contribution in [2.45, 2.75) is 17.2 Å². The average molecular weight is 320 g/mol. The largest absolute Gasteiger partial charge is 0.293 e. The van der Waals surface area contributed by atoms with E-state index in [9.17, 15) is 4.79 Å². The van der Waals surface area contributed by atoms with Crippen LogP contribution in [-0.4, -0.2) is 21.0 Å². The van der Waals surface area contributed by atoms with Crippen molar-refractivity contribution in [3.05, 3.63) is 78.6 Å². The third-order valence-electron chi connectivity index (χ3n) is 3.44. The van der Waals surface area contributed by atoms with E-state index in [-0.39, 0.29) is 11.0 Å². The molecular weight excluding hydrogens is 304 g/mol. The highest BCUT2D eigenvalue weighted by Gasteiger charge is 2.17. The minimum atomic E-state index is -0.198. The summed E-state index contributed by atoms with van der Waals surface area (Å²) < 4.78 is 0. The van der Waals surface area contributed by atoms with Gasteiger partial charge in [-0.25, -0.2) is 9.97 Å². The van der Waals surface area contributed by atoms with Crippen LogP contribution in [0.4, 0.5) is 0 Å². The van der Waals surface area contributed by atoms with Crippen LogP contribution in [0.3, 0.4) is 0 Å². The summed E-state index contributed by atoms with van der Waals surface area (Å²) in [6, 6.07) is 21.2. The maximum Gasteiger partial charge on any atom is 0.175 e. The molecule has 0 N–H and O–H groups in total. The van der Waals surface area contributed by atoms with Crippen molar-refractivity contribution < 1.29 is 4.79 Å². The molecule has 4 heteroatoms. The van der Waals surface area contributed by atoms with Crippen LogP contribution in [0.1, 0.15) is 17.3 Å². The first-order chi connectivity index (χ1) is 11.2. The number of ketones is 1. The van der Waals surface area contributed by atoms with E-state index in [1.54, 1.807) is 6.33 Å². The van der Waals surface area contributed by atoms with Gasteiger partial charge in [-0.05, 0) is 13.0 Å². The van der Waals surface area contributed by atoms with Gasteiger partial charge < -0.3 is 0 Å². The summed E-state index contributed by atoms with van der Waals surface area (Å²) >= 11 is 1.45. The van der Waals surface area contributed by atoms with Crippen LogP contribution in [0.5, 0.6) is 0 Å². The van der Waals surface area contributed by atoms with E-state index in [0.29, 0.717) is 0 Å². The van der Waals surface area contributed by atoms with Gasteiger partial charge in [0.15, 0.2) is 5.78 Å². The normalized spacial score (nSPS) is 11.9. The number of nitrogens with zero attached hydrogens (tertiary/aromatic N) is 2. The Labute approximate surface area is 139 Å². The molecular formula is C19H16N2OS. The molecule has 1 heterocycles. The lowest BCUT2D eigenvalue weighted by molar-refractivity contribution is 0.0994. The fraction of sp³-hybridized carbons (Fsp3) is 0.105. The topological polar surface area (TPSA) is 42.9 Å². The Morgan fingerprint density at radius 1 is 0.957 bits per heavy atom. The molecule has 3 rings (SSSR count). The number of hydrogen-bond donors (Lipinski definition) is 0. The monoisotopic (exact) mass is 320 g/mol. The van der Waals surface area contributed by atoms with Gasteiger partial charge in [0.1, 0.15) is 11.4 Å². The highest BCUT2D eigenvalue weighted by molar-refractivity contribution is 8.00. The van der Waals surface area contributed by atoms with Gasteiger partial charge in [-0.15, -0.1) is 0 Å². The molecule has 0 aliphatic heterocycles. The van der Waals surface area contributed by atoms with Crippen molar-refractivity contribution in [1.82, 2.24) is 9.97 Å². The van der Waals surface area contributed by atoms with Crippen LogP contribution in [0, 0.1) is 0 Å². The highest BCUT2D eigenvalue weighted by atomic mass is 32.2. The van der Waals surface area contributed by atoms with Crippen LogP contribution >= 0.6 is 11.8 Å². The Bertz CT molecular complexity index is 791. The molecule has 0 radical (unpaired) electrons. The number of hydrogen-bond acceptors (Lipinski definition) is 4. The Balaban J connectivity index is 1.77. The maximum atomic E-state index is 12.4. The van der Waals surface area contributed by atoms with Gasteiger partial charge in [-0.1, -0.05) is 72.4 Å². The lowest BCUT2D eigenvalue weighted by Gasteiger charge is -2.10. The Hall–Kier alpha value is -2.46. The van der Waals surface area contributed by atoms with E-state index in [1.165, 1.54) is 11.8 Å². The maximum absolute atomic E-state index is 12.4. The third kappa shape index (κ3) is 3.85. The predicted molar refractivity (Wildman–Crippen MR) is 93.6 cm³/mol. The zero-order chi connectivity index (χ0) is 16.1. The van der Waals surface area contributed by atoms with E-state index in [2.05, 4.69) is 9.97 Å². The third-order valence-corrected chi connectivity index (χ3v) is 4.47. The van der Waals surface area contributed by atoms with Gasteiger partial charge in [0.2, 0.25) is 0 Å². The second-order valence-electron chi connectivity index (χ2n) is 5.10. The van der Waals surface area contributed by atoms with Crippen molar-refractivity contribution in [1.29, 1.82) is 0 Å². The summed E-state index contributed by atoms with van der Waals surface area (Å²) in [4.78, 5) is 21.0. The van der Waals surface area contributed by atoms with Crippen molar-refractivity contribution in [3.8, 4) is 11.3 Å². The van der Waals surface area contributed by atoms with E-state index in [0.717, 1.165) is 21.8 Å². The van der Waals surface area contributed by atoms with Crippen LogP contribution in [0.15, 0.2) is 78.1 Å². The summed E-state index contributed by atoms with van der Waals surface area (Å²) in [5.74, 6) is 0.107. The molecule has 0 fully saturated rings. The zero-order valence-electron chi connectivity index (χ0n) is 12.7. The fourth-order valence-corrected chi connectivity index (χ4v) is 3.14. The fourth-order valence-electron chi connectivity index (χ4n) is 2.24. The molecule has 1 aromatic heterocycles. The minimum Gasteiger partial charge on any atom is -0.293 e. The Kier molecular flexibility index (Phi) is 4.83. The van der Waals surface area contributed by atoms with Gasteiger partial charge in [0.05, 0.1) is 10.9 Å². The Morgan fingerprint density at radius 3 is 2.30 bits per heavy atom. The van der Waals surface area contributed by atoms with Crippen molar-refractivity contribution >= 4 is 17.5 Å². The zero-order valence-corrected chi connectivity index (χ0v) is 13.5. The van der Waals surface area contributed by atoms with Crippen molar-refractivity contribution in [2.75, 3.05) is 0 Å². The highest BCUT2D eigenvalue weighted by Crippen LogP contribution is 2.26. The minimum absolute atomic E-state index is 0.107. The number of rotatable bonds is 5. The second-order valence-corrected chi connectivity index (χ2v) is 6.46. The first-order valence-corrected chi connectivity index (χ1v) is 8.25. The summed E-state index contributed by atoms with van der Waals surface area (Å²) in [6.45, 7) is 1.91. The number of carbonyl (C=O) groups excluding carboxylic acids is 1. The summed E-state index contributed by atoms with van der Waals surface area (Å²) in [5.41, 5.74) is 2.63. The van der Waals surface area contributed by atoms with Gasteiger partial charge in [-0.2, -0.15) is 0 Å². The molecule has 3 nitrogen and oxygen atoms in total. The van der Waals surface area contributed by atoms with Crippen molar-refractivity contribution in [3.63, 3.8) is 0 Å². The van der Waals surface area contributed by atoms with Gasteiger partial charge in [0.25, 0.3) is 0 Å². The number of thioether (sulfide) groups is 1. The van der Waals surface area contributed by atoms with E-state index in [4.69, 9.17) is 0 Å². The molecule has 0 saturated carbocycles. The van der Waals surface area contributed by atoms with Gasteiger partial charge in [0, 0.05) is 11.1 Å². The van der Waals surface area contributed by atoms with E-state index < -0.39 is 0 Å². The molecule has 1 unspecified atom stereocenters. The van der Waals surface area contributed by atoms with E-state index >= 15 is 0 Å². The number of carbonyl (C=O) groups is 1. The quantitative estimate of drug-likeness (QED) is 0.394. The standard InChI is InChI=1S/C19H16N2OS/c1-14(19(22)16-10-6-3-7-11-16)23-18-12-17(20-13-21-18)15-8-4-2-5-9-15/h2-14H,1H3. The number of aromatic nitrogens is 2. The molecule has 0 aliphatic carbocycles. The van der Waals surface area contributed by atoms with Crippen LogP contribution < -0.4 is 0 Å². The smallest absolute Gasteiger partial charge is 0.175 e. The molecule has 0 amide bonds. The van der Waals surface area contributed by atoms with E-state index in [1.807, 2.05) is 73.7 Å². The summed E-state index contributed by atoms with van der Waals surface area (Å²) in [7, 11) is 0. The first-order valence-electron chi connectivity index (χ1n) is 7.37. The van der Waals surface area contributed by atoms with Gasteiger partial charge in [-0.3, -0.25) is 4.79 Å². The average Bonchev–Trinajstić information content (AvgIpc) is 2.63. The summed E-state index contributed by atoms with van der Waals surface area (Å²) in [6.07, 6.45) is 1.55. The number of benzene rings is 2. The van der Waals surface area contributed by atoms with Crippen LogP contribution in [-0.2, 0) is 0 Å². The molecule has 1 atom stereocenters. The van der Waals surface area contributed by atoms with Crippen LogP contribution in [0.2, 0.25) is 0 Å². The molecule has 3 aromatic rings. The Morgan fingerprint density at radius 2 is 1.61 bits per heavy atom. The molecule has 0 saturated heterocycles. The SMILES string of the molecule is CC(Sc1cc(-c2ccccc2)ncn1)C(=O)c1ccccc1. The number of Topliss-reactive ketones (excluding diaryl/α,β-unsaturated/α-hetero) is 1. The molecule has 23 heavy (non-hydrogen) atoms. The molecule has 0 spiro atoms. The van der Waals surface area contributed by atoms with Crippen molar-refractivity contribution in [2.24, 2.45) is 0 Å². The second kappa shape index (κ2) is 7.20. The lowest BCUT2D eigenvalue weighted by Crippen LogP contribution is -2.13. The predicted octanol–water partition coefficient (Wildman–Crippen LogP) is 4.51. The summed E-state index contributed by atoms with van der Waals surface area (Å²) in [5, 5.41) is 0.603. The molecule has 2 aromatic carbocycles. The molecule has 0 aliphatic rings. The first kappa shape index (κ1) is 15.4. The lowest BCUT2D eigenvalue weighted by atomic mass is 10.1.